The summed E-state index contributed by atoms with van der Waals surface area (Å²) < 4.78 is 37.8. The molecule has 0 bridgehead atoms. The van der Waals surface area contributed by atoms with Gasteiger partial charge in [-0.1, -0.05) is 0 Å². The minimum atomic E-state index is -4.97. The normalized spacial score (nSPS) is 18.8. The van der Waals surface area contributed by atoms with Crippen molar-refractivity contribution in [2.45, 2.75) is 44.4 Å². The van der Waals surface area contributed by atoms with E-state index in [0.717, 1.165) is 5.56 Å². The standard InChI is InChI=1S/C15H18F3N3O2/c1-14(2,10-5-7-19-8-6-10)20-12(22)11-4-3-9-21(11)13(23)15(16,17)18/h5-8,11H,3-4,9H2,1-2H3,(H,20,22). The minimum Gasteiger partial charge on any atom is -0.345 e. The van der Waals surface area contributed by atoms with E-state index in [4.69, 9.17) is 0 Å². The molecule has 1 aromatic heterocycles. The molecule has 1 aliphatic rings. The summed E-state index contributed by atoms with van der Waals surface area (Å²) >= 11 is 0. The van der Waals surface area contributed by atoms with Crippen LogP contribution in [0.15, 0.2) is 24.5 Å². The number of hydrogen-bond acceptors (Lipinski definition) is 3. The fourth-order valence-electron chi connectivity index (χ4n) is 2.68. The molecule has 1 aromatic rings. The van der Waals surface area contributed by atoms with Gasteiger partial charge in [0.15, 0.2) is 0 Å². The van der Waals surface area contributed by atoms with Gasteiger partial charge < -0.3 is 10.2 Å². The van der Waals surface area contributed by atoms with Crippen LogP contribution in [0.2, 0.25) is 0 Å². The number of nitrogens with zero attached hydrogens (tertiary/aromatic N) is 2. The first kappa shape index (κ1) is 17.2. The SMILES string of the molecule is CC(C)(NC(=O)C1CCCN1C(=O)C(F)(F)F)c1ccncc1. The van der Waals surface area contributed by atoms with Crippen LogP contribution in [0.4, 0.5) is 13.2 Å². The van der Waals surface area contributed by atoms with E-state index < -0.39 is 29.6 Å². The average molecular weight is 329 g/mol. The molecule has 126 valence electrons. The lowest BCUT2D eigenvalue weighted by atomic mass is 9.94. The van der Waals surface area contributed by atoms with Gasteiger partial charge in [-0.25, -0.2) is 0 Å². The second kappa shape index (κ2) is 6.17. The third-order valence-electron chi connectivity index (χ3n) is 3.90. The zero-order valence-electron chi connectivity index (χ0n) is 12.9. The Kier molecular flexibility index (Phi) is 4.63. The Morgan fingerprint density at radius 3 is 2.43 bits per heavy atom. The predicted octanol–water partition coefficient (Wildman–Crippen LogP) is 1.99. The maximum absolute atomic E-state index is 12.6. The summed E-state index contributed by atoms with van der Waals surface area (Å²) in [5, 5.41) is 2.72. The zero-order chi connectivity index (χ0) is 17.3. The highest BCUT2D eigenvalue weighted by Gasteiger charge is 2.48. The number of alkyl halides is 3. The number of likely N-dealkylation sites (tertiary alicyclic amines) is 1. The fourth-order valence-corrected chi connectivity index (χ4v) is 2.68. The van der Waals surface area contributed by atoms with Crippen molar-refractivity contribution in [1.29, 1.82) is 0 Å². The summed E-state index contributed by atoms with van der Waals surface area (Å²) in [7, 11) is 0. The van der Waals surface area contributed by atoms with Crippen molar-refractivity contribution in [3.63, 3.8) is 0 Å². The summed E-state index contributed by atoms with van der Waals surface area (Å²) in [4.78, 5) is 28.3. The van der Waals surface area contributed by atoms with Gasteiger partial charge in [-0.3, -0.25) is 14.6 Å². The summed E-state index contributed by atoms with van der Waals surface area (Å²) in [5.74, 6) is -2.54. The zero-order valence-corrected chi connectivity index (χ0v) is 12.9. The fraction of sp³-hybridized carbons (Fsp3) is 0.533. The van der Waals surface area contributed by atoms with Gasteiger partial charge in [-0.2, -0.15) is 13.2 Å². The quantitative estimate of drug-likeness (QED) is 0.922. The molecule has 0 aliphatic carbocycles. The number of carbonyl (C=O) groups excluding carboxylic acids is 2. The van der Waals surface area contributed by atoms with Gasteiger partial charge in [0.1, 0.15) is 6.04 Å². The van der Waals surface area contributed by atoms with Gasteiger partial charge in [0.25, 0.3) is 0 Å². The number of carbonyl (C=O) groups is 2. The molecule has 23 heavy (non-hydrogen) atoms. The molecule has 1 saturated heterocycles. The number of halogens is 3. The van der Waals surface area contributed by atoms with Gasteiger partial charge >= 0.3 is 12.1 Å². The van der Waals surface area contributed by atoms with Gasteiger partial charge in [0, 0.05) is 18.9 Å². The molecule has 2 amide bonds. The van der Waals surface area contributed by atoms with Crippen LogP contribution in [0.3, 0.4) is 0 Å². The van der Waals surface area contributed by atoms with Crippen LogP contribution in [0.25, 0.3) is 0 Å². The minimum absolute atomic E-state index is 0.0634. The Morgan fingerprint density at radius 2 is 1.87 bits per heavy atom. The van der Waals surface area contributed by atoms with E-state index >= 15 is 0 Å². The third-order valence-corrected chi connectivity index (χ3v) is 3.90. The van der Waals surface area contributed by atoms with E-state index in [2.05, 4.69) is 10.3 Å². The Bertz CT molecular complexity index is 587. The number of amides is 2. The van der Waals surface area contributed by atoms with E-state index in [1.54, 1.807) is 38.4 Å². The van der Waals surface area contributed by atoms with Crippen molar-refractivity contribution in [3.8, 4) is 0 Å². The molecule has 0 radical (unpaired) electrons. The van der Waals surface area contributed by atoms with Gasteiger partial charge in [-0.05, 0) is 44.4 Å². The van der Waals surface area contributed by atoms with Crippen molar-refractivity contribution < 1.29 is 22.8 Å². The van der Waals surface area contributed by atoms with Crippen molar-refractivity contribution in [2.75, 3.05) is 6.54 Å². The van der Waals surface area contributed by atoms with E-state index in [0.29, 0.717) is 11.3 Å². The maximum atomic E-state index is 12.6. The smallest absolute Gasteiger partial charge is 0.345 e. The van der Waals surface area contributed by atoms with E-state index in [1.807, 2.05) is 0 Å². The molecule has 2 rings (SSSR count). The van der Waals surface area contributed by atoms with Gasteiger partial charge in [0.05, 0.1) is 5.54 Å². The molecule has 0 aromatic carbocycles. The Labute approximate surface area is 131 Å². The molecule has 1 unspecified atom stereocenters. The number of aromatic nitrogens is 1. The first-order chi connectivity index (χ1) is 10.6. The lowest BCUT2D eigenvalue weighted by Gasteiger charge is -2.31. The predicted molar refractivity (Wildman–Crippen MR) is 76.2 cm³/mol. The number of pyridine rings is 1. The van der Waals surface area contributed by atoms with Crippen LogP contribution in [0.5, 0.6) is 0 Å². The second-order valence-corrected chi connectivity index (χ2v) is 6.00. The Morgan fingerprint density at radius 1 is 1.26 bits per heavy atom. The van der Waals surface area contributed by atoms with Crippen LogP contribution in [-0.2, 0) is 15.1 Å². The maximum Gasteiger partial charge on any atom is 0.471 e. The van der Waals surface area contributed by atoms with E-state index in [1.165, 1.54) is 0 Å². The van der Waals surface area contributed by atoms with Gasteiger partial charge in [0.2, 0.25) is 5.91 Å². The number of hydrogen-bond donors (Lipinski definition) is 1. The average Bonchev–Trinajstić information content (AvgIpc) is 2.95. The number of rotatable bonds is 3. The summed E-state index contributed by atoms with van der Waals surface area (Å²) in [6.07, 6.45) is -1.24. The molecular weight excluding hydrogens is 311 g/mol. The highest BCUT2D eigenvalue weighted by molar-refractivity contribution is 5.90. The van der Waals surface area contributed by atoms with Crippen LogP contribution in [0.1, 0.15) is 32.3 Å². The Hall–Kier alpha value is -2.12. The lowest BCUT2D eigenvalue weighted by molar-refractivity contribution is -0.186. The first-order valence-electron chi connectivity index (χ1n) is 7.23. The van der Waals surface area contributed by atoms with Crippen molar-refractivity contribution >= 4 is 11.8 Å². The first-order valence-corrected chi connectivity index (χ1v) is 7.23. The second-order valence-electron chi connectivity index (χ2n) is 6.00. The molecule has 1 N–H and O–H groups in total. The van der Waals surface area contributed by atoms with Crippen molar-refractivity contribution in [3.05, 3.63) is 30.1 Å². The molecule has 2 heterocycles. The topological polar surface area (TPSA) is 62.3 Å². The molecular formula is C15H18F3N3O2. The molecule has 5 nitrogen and oxygen atoms in total. The lowest BCUT2D eigenvalue weighted by Crippen LogP contribution is -2.53. The molecule has 1 aliphatic heterocycles. The van der Waals surface area contributed by atoms with Gasteiger partial charge in [-0.15, -0.1) is 0 Å². The largest absolute Gasteiger partial charge is 0.471 e. The van der Waals surface area contributed by atoms with E-state index in [-0.39, 0.29) is 13.0 Å². The molecule has 0 saturated carbocycles. The monoisotopic (exact) mass is 329 g/mol. The van der Waals surface area contributed by atoms with E-state index in [9.17, 15) is 22.8 Å². The summed E-state index contributed by atoms with van der Waals surface area (Å²) in [5.41, 5.74) is -0.0113. The third kappa shape index (κ3) is 3.80. The van der Waals surface area contributed by atoms with Crippen molar-refractivity contribution in [2.24, 2.45) is 0 Å². The molecule has 1 fully saturated rings. The number of nitrogens with one attached hydrogen (secondary N) is 1. The molecule has 0 spiro atoms. The van der Waals surface area contributed by atoms with Crippen LogP contribution < -0.4 is 5.32 Å². The highest BCUT2D eigenvalue weighted by Crippen LogP contribution is 2.27. The summed E-state index contributed by atoms with van der Waals surface area (Å²) in [6.45, 7) is 3.42. The molecule has 1 atom stereocenters. The highest BCUT2D eigenvalue weighted by atomic mass is 19.4. The van der Waals surface area contributed by atoms with Crippen LogP contribution >= 0.6 is 0 Å². The van der Waals surface area contributed by atoms with Crippen LogP contribution in [-0.4, -0.2) is 40.5 Å². The summed E-state index contributed by atoms with van der Waals surface area (Å²) in [6, 6.07) is 2.34. The van der Waals surface area contributed by atoms with Crippen molar-refractivity contribution in [1.82, 2.24) is 15.2 Å². The molecule has 8 heteroatoms. The Balaban J connectivity index is 2.12. The van der Waals surface area contributed by atoms with Crippen LogP contribution in [0, 0.1) is 0 Å².